The zero-order chi connectivity index (χ0) is 28.5. The Morgan fingerprint density at radius 1 is 1.08 bits per heavy atom. The van der Waals surface area contributed by atoms with E-state index in [0.29, 0.717) is 11.0 Å². The summed E-state index contributed by atoms with van der Waals surface area (Å²) >= 11 is 38.6. The standard InChI is InChI=1S/C21H20BrCl6N3O6S/c1-19(7-22)14(18(35)37-9-21(26,27)28)31-15(33)13(16(31)38-19)30-12(32)6-29-11-5-3-2-4-10(11)17(34)36-8-20(23,24)25/h2-5,13-14,16,29H,6-9H2,1H3,(H,30,32)/t13?,14?,16-,19?/m1/s1. The van der Waals surface area contributed by atoms with Crippen LogP contribution in [0.4, 0.5) is 5.69 Å². The van der Waals surface area contributed by atoms with Crippen LogP contribution in [-0.4, -0.2) is 83.5 Å². The van der Waals surface area contributed by atoms with Gasteiger partial charge in [-0.15, -0.1) is 11.8 Å². The van der Waals surface area contributed by atoms with Gasteiger partial charge in [0.05, 0.1) is 16.9 Å². The first-order chi connectivity index (χ1) is 17.6. The Kier molecular flexibility index (Phi) is 10.6. The normalized spacial score (nSPS) is 24.8. The van der Waals surface area contributed by atoms with Gasteiger partial charge >= 0.3 is 11.9 Å². The van der Waals surface area contributed by atoms with Gasteiger partial charge in [-0.05, 0) is 19.1 Å². The molecule has 0 aliphatic carbocycles. The molecular weight excluding hydrogens is 715 g/mol. The topological polar surface area (TPSA) is 114 Å². The van der Waals surface area contributed by atoms with Crippen LogP contribution < -0.4 is 10.6 Å². The Bertz CT molecular complexity index is 1110. The van der Waals surface area contributed by atoms with E-state index in [-0.39, 0.29) is 12.1 Å². The van der Waals surface area contributed by atoms with E-state index in [1.54, 1.807) is 25.1 Å². The van der Waals surface area contributed by atoms with Crippen LogP contribution in [0.25, 0.3) is 0 Å². The Labute approximate surface area is 260 Å². The van der Waals surface area contributed by atoms with Crippen molar-refractivity contribution >= 4 is 127 Å². The molecule has 2 amide bonds. The highest BCUT2D eigenvalue weighted by Crippen LogP contribution is 2.52. The number of esters is 2. The number of β-lactam (4-membered cyclic amide) rings is 1. The van der Waals surface area contributed by atoms with Crippen molar-refractivity contribution < 1.29 is 28.7 Å². The molecule has 1 aromatic rings. The van der Waals surface area contributed by atoms with Gasteiger partial charge in [0.2, 0.25) is 19.4 Å². The molecule has 0 spiro atoms. The molecule has 2 heterocycles. The van der Waals surface area contributed by atoms with E-state index in [9.17, 15) is 19.2 Å². The van der Waals surface area contributed by atoms with E-state index >= 15 is 0 Å². The second-order valence-electron chi connectivity index (χ2n) is 8.46. The molecule has 1 aromatic carbocycles. The van der Waals surface area contributed by atoms with Crippen molar-refractivity contribution in [3.8, 4) is 0 Å². The number of fused-ring (bicyclic) bond motifs is 1. The van der Waals surface area contributed by atoms with E-state index in [0.717, 1.165) is 0 Å². The Morgan fingerprint density at radius 3 is 2.29 bits per heavy atom. The summed E-state index contributed by atoms with van der Waals surface area (Å²) in [5.74, 6) is -2.44. The van der Waals surface area contributed by atoms with Gasteiger partial charge in [-0.3, -0.25) is 9.59 Å². The lowest BCUT2D eigenvalue weighted by molar-refractivity contribution is -0.164. The average molecular weight is 735 g/mol. The molecule has 2 N–H and O–H groups in total. The summed E-state index contributed by atoms with van der Waals surface area (Å²) in [5.41, 5.74) is 0.425. The highest BCUT2D eigenvalue weighted by Gasteiger charge is 2.65. The molecule has 0 radical (unpaired) electrons. The van der Waals surface area contributed by atoms with Gasteiger partial charge in [0.1, 0.15) is 30.7 Å². The van der Waals surface area contributed by atoms with E-state index in [2.05, 4.69) is 26.6 Å². The second kappa shape index (κ2) is 12.5. The number of halogens is 7. The number of carbonyl (C=O) groups is 4. The molecule has 2 aliphatic heterocycles. The summed E-state index contributed by atoms with van der Waals surface area (Å²) in [4.78, 5) is 52.2. The number of anilines is 1. The smallest absolute Gasteiger partial charge is 0.340 e. The minimum atomic E-state index is -1.80. The lowest BCUT2D eigenvalue weighted by atomic mass is 9.96. The molecule has 17 heteroatoms. The van der Waals surface area contributed by atoms with Crippen LogP contribution in [0.3, 0.4) is 0 Å². The molecule has 38 heavy (non-hydrogen) atoms. The fraction of sp³-hybridized carbons (Fsp3) is 0.524. The molecule has 3 rings (SSSR count). The van der Waals surface area contributed by atoms with Crippen molar-refractivity contribution in [1.82, 2.24) is 10.2 Å². The minimum absolute atomic E-state index is 0.121. The maximum absolute atomic E-state index is 13.0. The maximum atomic E-state index is 13.0. The summed E-state index contributed by atoms with van der Waals surface area (Å²) in [7, 11) is 0. The third kappa shape index (κ3) is 7.81. The summed E-state index contributed by atoms with van der Waals surface area (Å²) in [5, 5.41) is 5.35. The van der Waals surface area contributed by atoms with Crippen LogP contribution in [0.2, 0.25) is 0 Å². The molecule has 210 valence electrons. The van der Waals surface area contributed by atoms with Crippen molar-refractivity contribution in [2.75, 3.05) is 30.4 Å². The highest BCUT2D eigenvalue weighted by atomic mass is 79.9. The van der Waals surface area contributed by atoms with Crippen LogP contribution >= 0.6 is 97.3 Å². The first-order valence-electron chi connectivity index (χ1n) is 10.7. The number of rotatable bonds is 9. The van der Waals surface area contributed by atoms with Crippen LogP contribution in [0.1, 0.15) is 17.3 Å². The van der Waals surface area contributed by atoms with E-state index in [1.807, 2.05) is 0 Å². The number of thioether (sulfide) groups is 1. The van der Waals surface area contributed by atoms with Crippen LogP contribution in [0.5, 0.6) is 0 Å². The van der Waals surface area contributed by atoms with Crippen LogP contribution in [0.15, 0.2) is 24.3 Å². The SMILES string of the molecule is CC1(CBr)S[C@@H]2C(NC(=O)CNc3ccccc3C(=O)OCC(Cl)(Cl)Cl)C(=O)N2C1C(=O)OCC(Cl)(Cl)Cl. The molecule has 2 fully saturated rings. The summed E-state index contributed by atoms with van der Waals surface area (Å²) in [6, 6.07) is 4.48. The molecule has 9 nitrogen and oxygen atoms in total. The Hall–Kier alpha value is -0.530. The van der Waals surface area contributed by atoms with Crippen LogP contribution in [0, 0.1) is 0 Å². The van der Waals surface area contributed by atoms with E-state index < -0.39 is 66.8 Å². The number of carbonyl (C=O) groups excluding carboxylic acids is 4. The Balaban J connectivity index is 1.61. The predicted molar refractivity (Wildman–Crippen MR) is 153 cm³/mol. The number of amides is 2. The van der Waals surface area contributed by atoms with Gasteiger partial charge in [0.25, 0.3) is 0 Å². The van der Waals surface area contributed by atoms with Gasteiger partial charge in [-0.25, -0.2) is 9.59 Å². The summed E-state index contributed by atoms with van der Waals surface area (Å²) in [6.07, 6.45) is 0. The van der Waals surface area contributed by atoms with Crippen molar-refractivity contribution in [3.05, 3.63) is 29.8 Å². The van der Waals surface area contributed by atoms with Gasteiger partial charge in [-0.1, -0.05) is 97.7 Å². The first kappa shape index (κ1) is 32.0. The molecular formula is C21H20BrCl6N3O6S. The number of para-hydroxylation sites is 1. The monoisotopic (exact) mass is 731 g/mol. The van der Waals surface area contributed by atoms with Crippen molar-refractivity contribution in [1.29, 1.82) is 0 Å². The third-order valence-corrected chi connectivity index (χ3v) is 9.30. The Morgan fingerprint density at radius 2 is 1.68 bits per heavy atom. The molecule has 2 saturated heterocycles. The average Bonchev–Trinajstić information content (AvgIpc) is 3.12. The van der Waals surface area contributed by atoms with Crippen LogP contribution in [-0.2, 0) is 23.9 Å². The van der Waals surface area contributed by atoms with E-state index in [1.165, 1.54) is 22.7 Å². The lowest BCUT2D eigenvalue weighted by Gasteiger charge is -2.44. The zero-order valence-corrected chi connectivity index (χ0v) is 26.3. The van der Waals surface area contributed by atoms with Crippen molar-refractivity contribution in [2.45, 2.75) is 36.7 Å². The van der Waals surface area contributed by atoms with Crippen molar-refractivity contribution in [3.63, 3.8) is 0 Å². The number of alkyl halides is 7. The number of benzene rings is 1. The molecule has 3 unspecified atom stereocenters. The number of hydrogen-bond acceptors (Lipinski definition) is 8. The molecule has 0 saturated carbocycles. The molecule has 0 aromatic heterocycles. The quantitative estimate of drug-likeness (QED) is 0.217. The van der Waals surface area contributed by atoms with E-state index in [4.69, 9.17) is 79.1 Å². The second-order valence-corrected chi connectivity index (χ2v) is 15.7. The minimum Gasteiger partial charge on any atom is -0.460 e. The van der Waals surface area contributed by atoms with Gasteiger partial charge in [-0.2, -0.15) is 0 Å². The fourth-order valence-corrected chi connectivity index (χ4v) is 6.44. The zero-order valence-electron chi connectivity index (χ0n) is 19.3. The number of ether oxygens (including phenoxy) is 2. The first-order valence-corrected chi connectivity index (χ1v) is 15.0. The molecule has 2 aliphatic rings. The van der Waals surface area contributed by atoms with Gasteiger partial charge in [0, 0.05) is 11.0 Å². The van der Waals surface area contributed by atoms with Crippen molar-refractivity contribution in [2.24, 2.45) is 0 Å². The maximum Gasteiger partial charge on any atom is 0.340 e. The third-order valence-electron chi connectivity index (χ3n) is 5.46. The number of hydrogen-bond donors (Lipinski definition) is 2. The number of nitrogens with one attached hydrogen (secondary N) is 2. The molecule has 4 atom stereocenters. The molecule has 0 bridgehead atoms. The highest BCUT2D eigenvalue weighted by molar-refractivity contribution is 9.09. The lowest BCUT2D eigenvalue weighted by Crippen LogP contribution is -2.71. The van der Waals surface area contributed by atoms with Gasteiger partial charge < -0.3 is 25.0 Å². The van der Waals surface area contributed by atoms with Gasteiger partial charge in [0.15, 0.2) is 0 Å². The number of nitrogens with zero attached hydrogens (tertiary/aromatic N) is 1. The summed E-state index contributed by atoms with van der Waals surface area (Å²) in [6.45, 7) is 0.587. The summed E-state index contributed by atoms with van der Waals surface area (Å²) < 4.78 is 5.81. The largest absolute Gasteiger partial charge is 0.460 e. The fourth-order valence-electron chi connectivity index (χ4n) is 3.79. The predicted octanol–water partition coefficient (Wildman–Crippen LogP) is 4.46.